The van der Waals surface area contributed by atoms with E-state index in [0.29, 0.717) is 10.5 Å². The second-order valence-electron chi connectivity index (χ2n) is 4.25. The summed E-state index contributed by atoms with van der Waals surface area (Å²) in [5, 5.41) is 1.28. The first-order valence-corrected chi connectivity index (χ1v) is 8.38. The van der Waals surface area contributed by atoms with Gasteiger partial charge in [-0.25, -0.2) is 12.4 Å². The van der Waals surface area contributed by atoms with Crippen LogP contribution in [0, 0.1) is 0 Å². The maximum Gasteiger partial charge on any atom is 0.268 e. The largest absolute Gasteiger partial charge is 0.268 e. The van der Waals surface area contributed by atoms with Gasteiger partial charge in [0.15, 0.2) is 0 Å². The zero-order valence-corrected chi connectivity index (χ0v) is 13.3. The molecule has 2 aromatic carbocycles. The molecule has 0 atom stereocenters. The maximum atomic E-state index is 12.6. The predicted molar refractivity (Wildman–Crippen MR) is 83.7 cm³/mol. The summed E-state index contributed by atoms with van der Waals surface area (Å²) in [7, 11) is -3.61. The fourth-order valence-electron chi connectivity index (χ4n) is 2.02. The van der Waals surface area contributed by atoms with Crippen molar-refractivity contribution in [2.45, 2.75) is 4.90 Å². The Hall–Kier alpha value is -1.30. The molecule has 0 saturated carbocycles. The molecule has 1 heterocycles. The average Bonchev–Trinajstić information content (AvgIpc) is 2.84. The van der Waals surface area contributed by atoms with E-state index in [1.165, 1.54) is 10.2 Å². The molecule has 0 aliphatic rings. The van der Waals surface area contributed by atoms with Gasteiger partial charge in [-0.05, 0) is 46.3 Å². The molecule has 6 heteroatoms. The molecule has 0 N–H and O–H groups in total. The molecule has 0 bridgehead atoms. The SMILES string of the molecule is O=S(=O)(c1ccccc1)n1ccc2cc(Br)c(Cl)cc21. The third-order valence-corrected chi connectivity index (χ3v) is 5.90. The quantitative estimate of drug-likeness (QED) is 0.675. The van der Waals surface area contributed by atoms with E-state index in [1.807, 2.05) is 0 Å². The van der Waals surface area contributed by atoms with Gasteiger partial charge in [0.05, 0.1) is 15.4 Å². The zero-order chi connectivity index (χ0) is 14.3. The second-order valence-corrected chi connectivity index (χ2v) is 7.33. The van der Waals surface area contributed by atoms with Gasteiger partial charge in [0.25, 0.3) is 10.0 Å². The highest BCUT2D eigenvalue weighted by atomic mass is 79.9. The minimum absolute atomic E-state index is 0.247. The Morgan fingerprint density at radius 1 is 1.05 bits per heavy atom. The van der Waals surface area contributed by atoms with Gasteiger partial charge < -0.3 is 0 Å². The Kier molecular flexibility index (Phi) is 3.36. The van der Waals surface area contributed by atoms with Crippen LogP contribution in [0.15, 0.2) is 64.1 Å². The summed E-state index contributed by atoms with van der Waals surface area (Å²) in [6.45, 7) is 0. The lowest BCUT2D eigenvalue weighted by molar-refractivity contribution is 0.589. The molecule has 3 rings (SSSR count). The normalized spacial score (nSPS) is 11.9. The first-order chi connectivity index (χ1) is 9.50. The first kappa shape index (κ1) is 13.7. The molecule has 0 fully saturated rings. The van der Waals surface area contributed by atoms with E-state index >= 15 is 0 Å². The van der Waals surface area contributed by atoms with Gasteiger partial charge in [-0.1, -0.05) is 29.8 Å². The molecule has 1 aromatic heterocycles. The molecular weight excluding hydrogens is 362 g/mol. The Morgan fingerprint density at radius 2 is 1.75 bits per heavy atom. The van der Waals surface area contributed by atoms with Crippen LogP contribution in [0.1, 0.15) is 0 Å². The Balaban J connectivity index is 2.28. The van der Waals surface area contributed by atoms with Crippen molar-refractivity contribution in [3.05, 3.63) is 64.2 Å². The van der Waals surface area contributed by atoms with Crippen LogP contribution in [0.5, 0.6) is 0 Å². The van der Waals surface area contributed by atoms with E-state index in [0.717, 1.165) is 9.86 Å². The van der Waals surface area contributed by atoms with E-state index in [2.05, 4.69) is 15.9 Å². The Labute approximate surface area is 130 Å². The summed E-state index contributed by atoms with van der Waals surface area (Å²) in [5.41, 5.74) is 0.557. The molecule has 0 radical (unpaired) electrons. The van der Waals surface area contributed by atoms with Crippen LogP contribution in [-0.2, 0) is 10.0 Å². The van der Waals surface area contributed by atoms with E-state index in [4.69, 9.17) is 11.6 Å². The molecule has 0 amide bonds. The minimum atomic E-state index is -3.61. The van der Waals surface area contributed by atoms with Crippen molar-refractivity contribution >= 4 is 48.5 Å². The van der Waals surface area contributed by atoms with Crippen LogP contribution in [0.4, 0.5) is 0 Å². The van der Waals surface area contributed by atoms with Crippen LogP contribution >= 0.6 is 27.5 Å². The molecule has 0 saturated heterocycles. The fraction of sp³-hybridized carbons (Fsp3) is 0. The number of hydrogen-bond acceptors (Lipinski definition) is 2. The maximum absolute atomic E-state index is 12.6. The molecule has 0 unspecified atom stereocenters. The van der Waals surface area contributed by atoms with Crippen LogP contribution < -0.4 is 0 Å². The van der Waals surface area contributed by atoms with Gasteiger partial charge in [0, 0.05) is 16.1 Å². The summed E-state index contributed by atoms with van der Waals surface area (Å²) in [6, 6.07) is 13.5. The molecule has 0 spiro atoms. The zero-order valence-electron chi connectivity index (χ0n) is 10.1. The van der Waals surface area contributed by atoms with Gasteiger partial charge in [-0.3, -0.25) is 0 Å². The lowest BCUT2D eigenvalue weighted by atomic mass is 10.2. The van der Waals surface area contributed by atoms with E-state index in [1.54, 1.807) is 48.5 Å². The second kappa shape index (κ2) is 4.91. The molecule has 3 nitrogen and oxygen atoms in total. The number of aromatic nitrogens is 1. The van der Waals surface area contributed by atoms with Gasteiger partial charge in [-0.2, -0.15) is 0 Å². The third-order valence-electron chi connectivity index (χ3n) is 3.00. The van der Waals surface area contributed by atoms with E-state index < -0.39 is 10.0 Å². The first-order valence-electron chi connectivity index (χ1n) is 5.77. The topological polar surface area (TPSA) is 39.1 Å². The summed E-state index contributed by atoms with van der Waals surface area (Å²) >= 11 is 9.39. The lowest BCUT2D eigenvalue weighted by Crippen LogP contribution is -2.11. The smallest absolute Gasteiger partial charge is 0.241 e. The average molecular weight is 371 g/mol. The monoisotopic (exact) mass is 369 g/mol. The van der Waals surface area contributed by atoms with Crippen molar-refractivity contribution in [3.8, 4) is 0 Å². The summed E-state index contributed by atoms with van der Waals surface area (Å²) in [5.74, 6) is 0. The van der Waals surface area contributed by atoms with Gasteiger partial charge in [-0.15, -0.1) is 0 Å². The summed E-state index contributed by atoms with van der Waals surface area (Å²) < 4.78 is 27.2. The van der Waals surface area contributed by atoms with Gasteiger partial charge in [0.2, 0.25) is 0 Å². The Morgan fingerprint density at radius 3 is 2.45 bits per heavy atom. The van der Waals surface area contributed by atoms with E-state index in [9.17, 15) is 8.42 Å². The lowest BCUT2D eigenvalue weighted by Gasteiger charge is -2.08. The molecule has 102 valence electrons. The Bertz CT molecular complexity index is 888. The molecular formula is C14H9BrClNO2S. The summed E-state index contributed by atoms with van der Waals surface area (Å²) in [6.07, 6.45) is 1.54. The van der Waals surface area contributed by atoms with Crippen LogP contribution in [0.2, 0.25) is 5.02 Å². The van der Waals surface area contributed by atoms with Gasteiger partial charge in [0.1, 0.15) is 0 Å². The number of rotatable bonds is 2. The number of benzene rings is 2. The fourth-order valence-corrected chi connectivity index (χ4v) is 3.91. The number of nitrogens with zero attached hydrogens (tertiary/aromatic N) is 1. The number of hydrogen-bond donors (Lipinski definition) is 0. The van der Waals surface area contributed by atoms with Crippen LogP contribution in [-0.4, -0.2) is 12.4 Å². The molecule has 20 heavy (non-hydrogen) atoms. The van der Waals surface area contributed by atoms with E-state index in [-0.39, 0.29) is 4.90 Å². The number of halogens is 2. The van der Waals surface area contributed by atoms with Crippen molar-refractivity contribution in [3.63, 3.8) is 0 Å². The molecule has 0 aliphatic heterocycles. The van der Waals surface area contributed by atoms with Crippen LogP contribution in [0.25, 0.3) is 10.9 Å². The highest BCUT2D eigenvalue weighted by molar-refractivity contribution is 9.10. The third kappa shape index (κ3) is 2.16. The van der Waals surface area contributed by atoms with Gasteiger partial charge >= 0.3 is 0 Å². The molecule has 3 aromatic rings. The van der Waals surface area contributed by atoms with Crippen molar-refractivity contribution < 1.29 is 8.42 Å². The standard InChI is InChI=1S/C14H9BrClNO2S/c15-12-8-10-6-7-17(14(10)9-13(12)16)20(18,19)11-4-2-1-3-5-11/h1-9H. The predicted octanol–water partition coefficient (Wildman–Crippen LogP) is 4.29. The van der Waals surface area contributed by atoms with Crippen molar-refractivity contribution in [1.29, 1.82) is 0 Å². The minimum Gasteiger partial charge on any atom is -0.241 e. The van der Waals surface area contributed by atoms with Crippen molar-refractivity contribution in [2.75, 3.05) is 0 Å². The van der Waals surface area contributed by atoms with Crippen LogP contribution in [0.3, 0.4) is 0 Å². The summed E-state index contributed by atoms with van der Waals surface area (Å²) in [4.78, 5) is 0.247. The van der Waals surface area contributed by atoms with Crippen molar-refractivity contribution in [1.82, 2.24) is 3.97 Å². The highest BCUT2D eigenvalue weighted by Crippen LogP contribution is 2.30. The molecule has 0 aliphatic carbocycles. The number of fused-ring (bicyclic) bond motifs is 1. The van der Waals surface area contributed by atoms with Crippen molar-refractivity contribution in [2.24, 2.45) is 0 Å². The highest BCUT2D eigenvalue weighted by Gasteiger charge is 2.19.